The third-order valence-corrected chi connectivity index (χ3v) is 8.10. The molecule has 1 N–H and O–H groups in total. The number of nitrogens with zero attached hydrogens (tertiary/aromatic N) is 2. The number of amides is 2. The van der Waals surface area contributed by atoms with Crippen LogP contribution >= 0.6 is 0 Å². The van der Waals surface area contributed by atoms with Crippen LogP contribution in [0.15, 0.2) is 11.6 Å². The Hall–Kier alpha value is -1.89. The van der Waals surface area contributed by atoms with Gasteiger partial charge >= 0.3 is 5.97 Å². The third-order valence-electron chi connectivity index (χ3n) is 8.10. The molecule has 206 valence electrons. The first-order chi connectivity index (χ1) is 16.8. The molecule has 7 nitrogen and oxygen atoms in total. The van der Waals surface area contributed by atoms with Crippen molar-refractivity contribution < 1.29 is 19.1 Å². The second kappa shape index (κ2) is 13.1. The second-order valence-corrected chi connectivity index (χ2v) is 12.2. The van der Waals surface area contributed by atoms with Crippen molar-refractivity contribution >= 4 is 17.8 Å². The molecular weight excluding hydrogens is 454 g/mol. The summed E-state index contributed by atoms with van der Waals surface area (Å²) in [5, 5.41) is 3.17. The fraction of sp³-hybridized carbons (Fsp3) is 0.828. The molecule has 1 saturated carbocycles. The van der Waals surface area contributed by atoms with Crippen molar-refractivity contribution in [1.82, 2.24) is 15.1 Å². The van der Waals surface area contributed by atoms with E-state index in [2.05, 4.69) is 17.1 Å². The van der Waals surface area contributed by atoms with Crippen molar-refractivity contribution in [3.63, 3.8) is 0 Å². The summed E-state index contributed by atoms with van der Waals surface area (Å²) < 4.78 is 5.13. The Morgan fingerprint density at radius 3 is 2.22 bits per heavy atom. The molecule has 0 aromatic rings. The molecule has 3 unspecified atom stereocenters. The molecule has 2 fully saturated rings. The van der Waals surface area contributed by atoms with Gasteiger partial charge in [0.1, 0.15) is 6.04 Å². The summed E-state index contributed by atoms with van der Waals surface area (Å²) in [6, 6.07) is -0.768. The maximum Gasteiger partial charge on any atom is 0.333 e. The number of ether oxygens (including phenoxy) is 1. The van der Waals surface area contributed by atoms with Gasteiger partial charge in [-0.15, -0.1) is 0 Å². The minimum absolute atomic E-state index is 0.0399. The SMILES string of the molecule is CCOC(=O)/C(C)=C/[C@H](C(C)C)N(C)C(=O)C(NC(=O)C1CCCCN1C(C)C1CCC1)C(C)(C)C. The van der Waals surface area contributed by atoms with E-state index in [1.165, 1.54) is 19.3 Å². The first kappa shape index (κ1) is 30.3. The summed E-state index contributed by atoms with van der Waals surface area (Å²) in [5.74, 6) is 0.198. The maximum absolute atomic E-state index is 13.9. The Kier molecular flexibility index (Phi) is 11.0. The van der Waals surface area contributed by atoms with Crippen LogP contribution < -0.4 is 5.32 Å². The van der Waals surface area contributed by atoms with Crippen LogP contribution in [0.3, 0.4) is 0 Å². The highest BCUT2D eigenvalue weighted by Crippen LogP contribution is 2.35. The zero-order valence-electron chi connectivity index (χ0n) is 24.2. The lowest BCUT2D eigenvalue weighted by Gasteiger charge is -2.45. The molecule has 1 aliphatic carbocycles. The lowest BCUT2D eigenvalue weighted by molar-refractivity contribution is -0.142. The Labute approximate surface area is 219 Å². The van der Waals surface area contributed by atoms with Gasteiger partial charge < -0.3 is 15.0 Å². The molecule has 0 bridgehead atoms. The van der Waals surface area contributed by atoms with Crippen LogP contribution in [-0.4, -0.2) is 72.0 Å². The van der Waals surface area contributed by atoms with Gasteiger partial charge in [0.05, 0.1) is 18.7 Å². The molecule has 2 aliphatic rings. The van der Waals surface area contributed by atoms with Gasteiger partial charge in [-0.2, -0.15) is 0 Å². The predicted molar refractivity (Wildman–Crippen MR) is 144 cm³/mol. The summed E-state index contributed by atoms with van der Waals surface area (Å²) in [4.78, 5) is 43.8. The topological polar surface area (TPSA) is 79.0 Å². The van der Waals surface area contributed by atoms with Crippen molar-refractivity contribution in [2.45, 2.75) is 118 Å². The smallest absolute Gasteiger partial charge is 0.333 e. The van der Waals surface area contributed by atoms with E-state index >= 15 is 0 Å². The van der Waals surface area contributed by atoms with Crippen molar-refractivity contribution in [2.24, 2.45) is 17.3 Å². The van der Waals surface area contributed by atoms with Crippen LogP contribution in [0, 0.1) is 17.3 Å². The van der Waals surface area contributed by atoms with E-state index in [0.29, 0.717) is 24.1 Å². The quantitative estimate of drug-likeness (QED) is 0.348. The van der Waals surface area contributed by atoms with Gasteiger partial charge in [0.15, 0.2) is 0 Å². The molecule has 2 amide bonds. The van der Waals surface area contributed by atoms with E-state index in [1.807, 2.05) is 40.7 Å². The van der Waals surface area contributed by atoms with Crippen molar-refractivity contribution in [3.05, 3.63) is 11.6 Å². The van der Waals surface area contributed by atoms with E-state index in [-0.39, 0.29) is 35.8 Å². The number of likely N-dealkylation sites (N-methyl/N-ethyl adjacent to an activating group) is 1. The standard InChI is InChI=1S/C29H51N3O4/c1-10-36-28(35)20(4)18-24(19(2)3)31(9)27(34)25(29(6,7)8)30-26(33)23-16-11-12-17-32(23)21(5)22-14-13-15-22/h18-19,21-25H,10-17H2,1-9H3,(H,30,33)/b20-18+/t21?,23?,24-,25?/m1/s1. The summed E-state index contributed by atoms with van der Waals surface area (Å²) in [7, 11) is 1.76. The van der Waals surface area contributed by atoms with Gasteiger partial charge in [-0.25, -0.2) is 4.79 Å². The van der Waals surface area contributed by atoms with Crippen LogP contribution in [0.2, 0.25) is 0 Å². The van der Waals surface area contributed by atoms with Gasteiger partial charge in [-0.3, -0.25) is 14.5 Å². The summed E-state index contributed by atoms with van der Waals surface area (Å²) in [5.41, 5.74) is 0.0102. The third kappa shape index (κ3) is 7.56. The van der Waals surface area contributed by atoms with Gasteiger partial charge in [0.2, 0.25) is 11.8 Å². The van der Waals surface area contributed by atoms with E-state index < -0.39 is 11.5 Å². The highest BCUT2D eigenvalue weighted by Gasteiger charge is 2.41. The van der Waals surface area contributed by atoms with Gasteiger partial charge in [-0.1, -0.05) is 53.5 Å². The summed E-state index contributed by atoms with van der Waals surface area (Å²) in [6.45, 7) is 17.0. The first-order valence-electron chi connectivity index (χ1n) is 14.0. The molecule has 1 saturated heterocycles. The zero-order chi connectivity index (χ0) is 27.2. The Bertz CT molecular complexity index is 797. The summed E-state index contributed by atoms with van der Waals surface area (Å²) in [6.07, 6.45) is 8.57. The number of likely N-dealkylation sites (tertiary alicyclic amines) is 1. The number of carbonyl (C=O) groups is 3. The lowest BCUT2D eigenvalue weighted by atomic mass is 9.78. The van der Waals surface area contributed by atoms with E-state index in [0.717, 1.165) is 25.8 Å². The average molecular weight is 506 g/mol. The van der Waals surface area contributed by atoms with Crippen LogP contribution in [0.4, 0.5) is 0 Å². The number of hydrogen-bond donors (Lipinski definition) is 1. The number of nitrogens with one attached hydrogen (secondary N) is 1. The largest absolute Gasteiger partial charge is 0.463 e. The van der Waals surface area contributed by atoms with Crippen molar-refractivity contribution in [3.8, 4) is 0 Å². The highest BCUT2D eigenvalue weighted by atomic mass is 16.5. The first-order valence-corrected chi connectivity index (χ1v) is 14.0. The Balaban J connectivity index is 2.23. The molecule has 0 aromatic heterocycles. The van der Waals surface area contributed by atoms with E-state index in [9.17, 15) is 14.4 Å². The fourth-order valence-electron chi connectivity index (χ4n) is 5.47. The average Bonchev–Trinajstić information content (AvgIpc) is 2.77. The molecule has 7 heteroatoms. The predicted octanol–water partition coefficient (Wildman–Crippen LogP) is 4.55. The van der Waals surface area contributed by atoms with Gasteiger partial charge in [0.25, 0.3) is 0 Å². The van der Waals surface area contributed by atoms with Gasteiger partial charge in [0, 0.05) is 18.7 Å². The number of rotatable bonds is 10. The maximum atomic E-state index is 13.9. The zero-order valence-corrected chi connectivity index (χ0v) is 24.2. The van der Waals surface area contributed by atoms with Crippen LogP contribution in [-0.2, 0) is 19.1 Å². The van der Waals surface area contributed by atoms with Crippen LogP contribution in [0.5, 0.6) is 0 Å². The van der Waals surface area contributed by atoms with E-state index in [1.54, 1.807) is 25.8 Å². The number of esters is 1. The van der Waals surface area contributed by atoms with Gasteiger partial charge in [-0.05, 0) is 70.3 Å². The number of piperidine rings is 1. The summed E-state index contributed by atoms with van der Waals surface area (Å²) >= 11 is 0. The molecule has 4 atom stereocenters. The normalized spacial score (nSPS) is 22.4. The molecule has 0 aromatic carbocycles. The molecule has 0 spiro atoms. The monoisotopic (exact) mass is 505 g/mol. The molecule has 1 heterocycles. The Morgan fingerprint density at radius 2 is 1.72 bits per heavy atom. The molecule has 2 rings (SSSR count). The van der Waals surface area contributed by atoms with Crippen molar-refractivity contribution in [2.75, 3.05) is 20.2 Å². The van der Waals surface area contributed by atoms with Crippen molar-refractivity contribution in [1.29, 1.82) is 0 Å². The van der Waals surface area contributed by atoms with E-state index in [4.69, 9.17) is 4.74 Å². The fourth-order valence-corrected chi connectivity index (χ4v) is 5.47. The minimum atomic E-state index is -0.671. The number of carbonyl (C=O) groups excluding carboxylic acids is 3. The van der Waals surface area contributed by atoms with Crippen LogP contribution in [0.1, 0.15) is 93.9 Å². The lowest BCUT2D eigenvalue weighted by Crippen LogP contribution is -2.61. The molecule has 0 radical (unpaired) electrons. The molecule has 36 heavy (non-hydrogen) atoms. The number of hydrogen-bond acceptors (Lipinski definition) is 5. The van der Waals surface area contributed by atoms with Crippen LogP contribution in [0.25, 0.3) is 0 Å². The molecular formula is C29H51N3O4. The highest BCUT2D eigenvalue weighted by molar-refractivity contribution is 5.91. The second-order valence-electron chi connectivity index (χ2n) is 12.2. The minimum Gasteiger partial charge on any atom is -0.463 e. The molecule has 1 aliphatic heterocycles. The Morgan fingerprint density at radius 1 is 1.08 bits per heavy atom.